The Kier molecular flexibility index (Phi) is 3.31. The van der Waals surface area contributed by atoms with Gasteiger partial charge < -0.3 is 9.64 Å². The van der Waals surface area contributed by atoms with Crippen LogP contribution < -0.4 is 5.48 Å². The second-order valence-electron chi connectivity index (χ2n) is 2.70. The van der Waals surface area contributed by atoms with Gasteiger partial charge in [-0.3, -0.25) is 4.84 Å². The second kappa shape index (κ2) is 4.27. The maximum atomic E-state index is 11.1. The van der Waals surface area contributed by atoms with E-state index in [2.05, 4.69) is 10.3 Å². The molecule has 0 aromatic rings. The minimum Gasteiger partial charge on any atom is -0.380 e. The van der Waals surface area contributed by atoms with E-state index in [-0.39, 0.29) is 12.1 Å². The van der Waals surface area contributed by atoms with E-state index < -0.39 is 0 Å². The molecule has 1 fully saturated rings. The Bertz CT molecular complexity index is 163. The van der Waals surface area contributed by atoms with Crippen molar-refractivity contribution in [2.45, 2.75) is 12.5 Å². The third kappa shape index (κ3) is 2.09. The van der Waals surface area contributed by atoms with Gasteiger partial charge in [-0.2, -0.15) is 0 Å². The summed E-state index contributed by atoms with van der Waals surface area (Å²) in [5.41, 5.74) is 2.26. The van der Waals surface area contributed by atoms with Crippen LogP contribution >= 0.6 is 0 Å². The van der Waals surface area contributed by atoms with Crippen LogP contribution in [-0.4, -0.2) is 44.3 Å². The molecule has 0 radical (unpaired) electrons. The van der Waals surface area contributed by atoms with E-state index in [1.165, 1.54) is 7.11 Å². The Morgan fingerprint density at radius 3 is 2.83 bits per heavy atom. The monoisotopic (exact) mass is 174 g/mol. The van der Waals surface area contributed by atoms with E-state index in [4.69, 9.17) is 4.74 Å². The third-order valence-electron chi connectivity index (χ3n) is 1.95. The summed E-state index contributed by atoms with van der Waals surface area (Å²) in [4.78, 5) is 17.3. The van der Waals surface area contributed by atoms with Crippen molar-refractivity contribution in [3.8, 4) is 0 Å². The number of likely N-dealkylation sites (tertiary alicyclic amines) is 1. The van der Waals surface area contributed by atoms with Crippen molar-refractivity contribution >= 4 is 6.03 Å². The summed E-state index contributed by atoms with van der Waals surface area (Å²) < 4.78 is 5.11. The largest absolute Gasteiger partial charge is 0.380 e. The van der Waals surface area contributed by atoms with E-state index in [9.17, 15) is 4.79 Å². The van der Waals surface area contributed by atoms with Gasteiger partial charge in [-0.1, -0.05) is 0 Å². The van der Waals surface area contributed by atoms with Gasteiger partial charge in [0.25, 0.3) is 0 Å². The van der Waals surface area contributed by atoms with E-state index >= 15 is 0 Å². The molecule has 2 amide bonds. The average Bonchev–Trinajstić information content (AvgIpc) is 2.52. The second-order valence-corrected chi connectivity index (χ2v) is 2.70. The number of carbonyl (C=O) groups excluding carboxylic acids is 1. The number of hydrogen-bond donors (Lipinski definition) is 1. The smallest absolute Gasteiger partial charge is 0.341 e. The molecule has 0 spiro atoms. The minimum atomic E-state index is -0.197. The first-order valence-electron chi connectivity index (χ1n) is 3.88. The van der Waals surface area contributed by atoms with Crippen LogP contribution in [-0.2, 0) is 9.57 Å². The van der Waals surface area contributed by atoms with Crippen molar-refractivity contribution in [1.82, 2.24) is 10.4 Å². The minimum absolute atomic E-state index is 0.174. The van der Waals surface area contributed by atoms with Gasteiger partial charge in [-0.05, 0) is 6.42 Å². The molecule has 1 heterocycles. The summed E-state index contributed by atoms with van der Waals surface area (Å²) in [5, 5.41) is 0. The molecular formula is C7H14N2O3. The number of amides is 2. The molecule has 0 aliphatic carbocycles. The number of rotatable bonds is 2. The highest BCUT2D eigenvalue weighted by Crippen LogP contribution is 2.11. The summed E-state index contributed by atoms with van der Waals surface area (Å²) in [6.07, 6.45) is 1.07. The molecule has 5 nitrogen and oxygen atoms in total. The van der Waals surface area contributed by atoms with Gasteiger partial charge in [0.05, 0.1) is 13.2 Å². The predicted octanol–water partition coefficient (Wildman–Crippen LogP) is -0.0219. The lowest BCUT2D eigenvalue weighted by atomic mass is 10.3. The Hall–Kier alpha value is -0.810. The number of urea groups is 1. The topological polar surface area (TPSA) is 50.8 Å². The lowest BCUT2D eigenvalue weighted by molar-refractivity contribution is 0.0815. The van der Waals surface area contributed by atoms with Crippen LogP contribution in [0.1, 0.15) is 6.42 Å². The Labute approximate surface area is 71.6 Å². The maximum absolute atomic E-state index is 11.1. The molecule has 0 unspecified atom stereocenters. The molecule has 0 saturated carbocycles. The number of nitrogens with one attached hydrogen (secondary N) is 1. The van der Waals surface area contributed by atoms with Crippen molar-refractivity contribution in [3.05, 3.63) is 0 Å². The van der Waals surface area contributed by atoms with Gasteiger partial charge in [-0.25, -0.2) is 10.3 Å². The fraction of sp³-hybridized carbons (Fsp3) is 0.857. The van der Waals surface area contributed by atoms with Crippen molar-refractivity contribution in [2.75, 3.05) is 27.3 Å². The molecule has 70 valence electrons. The molecule has 0 aromatic carbocycles. The molecule has 0 bridgehead atoms. The van der Waals surface area contributed by atoms with Gasteiger partial charge in [0, 0.05) is 20.2 Å². The lowest BCUT2D eigenvalue weighted by Gasteiger charge is -2.15. The molecule has 1 aliphatic heterocycles. The van der Waals surface area contributed by atoms with Gasteiger partial charge in [-0.15, -0.1) is 0 Å². The zero-order valence-electron chi connectivity index (χ0n) is 7.37. The van der Waals surface area contributed by atoms with Crippen molar-refractivity contribution in [1.29, 1.82) is 0 Å². The van der Waals surface area contributed by atoms with E-state index in [1.54, 1.807) is 12.0 Å². The number of hydrogen-bond acceptors (Lipinski definition) is 3. The van der Waals surface area contributed by atoms with Gasteiger partial charge in [0.15, 0.2) is 0 Å². The summed E-state index contributed by atoms with van der Waals surface area (Å²) in [6, 6.07) is -0.197. The van der Waals surface area contributed by atoms with Crippen LogP contribution in [0.4, 0.5) is 4.79 Å². The lowest BCUT2D eigenvalue weighted by Crippen LogP contribution is -2.38. The van der Waals surface area contributed by atoms with Crippen LogP contribution in [0.3, 0.4) is 0 Å². The summed E-state index contributed by atoms with van der Waals surface area (Å²) >= 11 is 0. The summed E-state index contributed by atoms with van der Waals surface area (Å²) in [7, 11) is 3.07. The Morgan fingerprint density at radius 2 is 2.33 bits per heavy atom. The van der Waals surface area contributed by atoms with Crippen molar-refractivity contribution in [3.63, 3.8) is 0 Å². The highest BCUT2D eigenvalue weighted by molar-refractivity contribution is 5.73. The first kappa shape index (κ1) is 9.28. The zero-order valence-corrected chi connectivity index (χ0v) is 7.37. The summed E-state index contributed by atoms with van der Waals surface area (Å²) in [5.74, 6) is 0. The van der Waals surface area contributed by atoms with Gasteiger partial charge >= 0.3 is 6.03 Å². The first-order chi connectivity index (χ1) is 5.77. The SMILES string of the molecule is CONC(=O)N1CC[C@@H](OC)C1. The molecule has 1 aliphatic rings. The molecule has 5 heteroatoms. The van der Waals surface area contributed by atoms with Crippen LogP contribution in [0.15, 0.2) is 0 Å². The molecule has 1 rings (SSSR count). The number of ether oxygens (including phenoxy) is 1. The average molecular weight is 174 g/mol. The zero-order chi connectivity index (χ0) is 8.97. The Morgan fingerprint density at radius 1 is 1.58 bits per heavy atom. The number of methoxy groups -OCH3 is 1. The number of carbonyl (C=O) groups is 1. The van der Waals surface area contributed by atoms with Crippen molar-refractivity contribution < 1.29 is 14.4 Å². The highest BCUT2D eigenvalue weighted by atomic mass is 16.6. The third-order valence-corrected chi connectivity index (χ3v) is 1.95. The molecular weight excluding hydrogens is 160 g/mol. The standard InChI is InChI=1S/C7H14N2O3/c1-11-6-3-4-9(5-6)7(10)8-12-2/h6H,3-5H2,1-2H3,(H,8,10)/t6-/m1/s1. The molecule has 0 aromatic heterocycles. The first-order valence-corrected chi connectivity index (χ1v) is 3.88. The predicted molar refractivity (Wildman–Crippen MR) is 42.5 cm³/mol. The number of hydroxylamine groups is 1. The van der Waals surface area contributed by atoms with Crippen LogP contribution in [0.2, 0.25) is 0 Å². The van der Waals surface area contributed by atoms with Crippen LogP contribution in [0.25, 0.3) is 0 Å². The van der Waals surface area contributed by atoms with Crippen LogP contribution in [0, 0.1) is 0 Å². The number of nitrogens with zero attached hydrogens (tertiary/aromatic N) is 1. The molecule has 1 saturated heterocycles. The highest BCUT2D eigenvalue weighted by Gasteiger charge is 2.25. The molecule has 1 atom stereocenters. The van der Waals surface area contributed by atoms with E-state index in [1.807, 2.05) is 0 Å². The normalized spacial score (nSPS) is 22.8. The molecule has 1 N–H and O–H groups in total. The fourth-order valence-electron chi connectivity index (χ4n) is 1.26. The Balaban J connectivity index is 2.31. The maximum Gasteiger partial charge on any atom is 0.341 e. The quantitative estimate of drug-likeness (QED) is 0.598. The van der Waals surface area contributed by atoms with Gasteiger partial charge in [0.1, 0.15) is 0 Å². The van der Waals surface area contributed by atoms with E-state index in [0.717, 1.165) is 13.0 Å². The summed E-state index contributed by atoms with van der Waals surface area (Å²) in [6.45, 7) is 1.37. The van der Waals surface area contributed by atoms with E-state index in [0.29, 0.717) is 6.54 Å². The molecule has 12 heavy (non-hydrogen) atoms. The van der Waals surface area contributed by atoms with Crippen LogP contribution in [0.5, 0.6) is 0 Å². The fourth-order valence-corrected chi connectivity index (χ4v) is 1.26. The van der Waals surface area contributed by atoms with Crippen molar-refractivity contribution in [2.24, 2.45) is 0 Å². The van der Waals surface area contributed by atoms with Gasteiger partial charge in [0.2, 0.25) is 0 Å².